The standard InChI is InChI=1S/C33H39FN6O2/c1-4-21-9-5-8-19(2)25(21)20(3)28-27(34)29-26-30(38-32(37-29)42-18-33-12-6-14-39(33)15-7-13-33)40-16-22-10-11-23(35-22)24(40)17-41-31(26)36-28/h5,8-9,22-24,35H,2,4,6-7,10-18H2,1,3H3/b25-20-/t22-,23+,24+/m0/s1. The summed E-state index contributed by atoms with van der Waals surface area (Å²) in [6, 6.07) is 7.01. The minimum Gasteiger partial charge on any atom is -0.475 e. The second-order valence-electron chi connectivity index (χ2n) is 12.8. The Kier molecular flexibility index (Phi) is 6.19. The summed E-state index contributed by atoms with van der Waals surface area (Å²) in [7, 11) is 0. The number of nitrogens with one attached hydrogen (secondary N) is 1. The van der Waals surface area contributed by atoms with Gasteiger partial charge in [-0.15, -0.1) is 0 Å². The first kappa shape index (κ1) is 26.3. The van der Waals surface area contributed by atoms with Crippen LogP contribution in [0.15, 0.2) is 18.2 Å². The summed E-state index contributed by atoms with van der Waals surface area (Å²) in [6.45, 7) is 12.3. The van der Waals surface area contributed by atoms with E-state index in [1.807, 2.05) is 19.1 Å². The van der Waals surface area contributed by atoms with Crippen molar-refractivity contribution in [1.82, 2.24) is 25.2 Å². The first-order valence-corrected chi connectivity index (χ1v) is 15.7. The number of benzene rings is 1. The summed E-state index contributed by atoms with van der Waals surface area (Å²) in [5.74, 6) is 0.607. The Bertz CT molecular complexity index is 1680. The molecule has 8 nitrogen and oxygen atoms in total. The van der Waals surface area contributed by atoms with Crippen molar-refractivity contribution in [2.75, 3.05) is 37.7 Å². The van der Waals surface area contributed by atoms with Crippen LogP contribution in [0.25, 0.3) is 23.1 Å². The van der Waals surface area contributed by atoms with E-state index in [9.17, 15) is 0 Å². The Morgan fingerprint density at radius 2 is 2.02 bits per heavy atom. The van der Waals surface area contributed by atoms with E-state index < -0.39 is 5.82 Å². The Hall–Kier alpha value is -3.30. The molecule has 220 valence electrons. The molecule has 7 heterocycles. The lowest BCUT2D eigenvalue weighted by atomic mass is 9.95. The van der Waals surface area contributed by atoms with Gasteiger partial charge >= 0.3 is 6.01 Å². The Labute approximate surface area is 245 Å². The molecular formula is C33H39FN6O2. The number of rotatable bonds is 5. The van der Waals surface area contributed by atoms with E-state index >= 15 is 4.39 Å². The molecule has 1 N–H and O–H groups in total. The molecule has 9 heteroatoms. The number of aryl methyl sites for hydroxylation is 1. The van der Waals surface area contributed by atoms with Gasteiger partial charge < -0.3 is 19.7 Å². The van der Waals surface area contributed by atoms with Gasteiger partial charge in [-0.1, -0.05) is 31.7 Å². The molecule has 0 aliphatic carbocycles. The van der Waals surface area contributed by atoms with Crippen molar-refractivity contribution in [1.29, 1.82) is 0 Å². The first-order valence-electron chi connectivity index (χ1n) is 15.7. The second-order valence-corrected chi connectivity index (χ2v) is 12.8. The zero-order valence-electron chi connectivity index (χ0n) is 24.6. The third-order valence-electron chi connectivity index (χ3n) is 10.6. The van der Waals surface area contributed by atoms with Gasteiger partial charge in [0.05, 0.1) is 11.6 Å². The fourth-order valence-corrected chi connectivity index (χ4v) is 8.44. The lowest BCUT2D eigenvalue weighted by Crippen LogP contribution is -2.60. The predicted molar refractivity (Wildman–Crippen MR) is 161 cm³/mol. The Morgan fingerprint density at radius 3 is 2.83 bits per heavy atom. The van der Waals surface area contributed by atoms with Crippen molar-refractivity contribution >= 4 is 28.9 Å². The van der Waals surface area contributed by atoms with Crippen LogP contribution in [0.2, 0.25) is 0 Å². The minimum atomic E-state index is -0.466. The van der Waals surface area contributed by atoms with Crippen molar-refractivity contribution < 1.29 is 13.9 Å². The van der Waals surface area contributed by atoms with Gasteiger partial charge in [0.15, 0.2) is 5.82 Å². The maximum Gasteiger partial charge on any atom is 0.319 e. The molecule has 0 saturated carbocycles. The van der Waals surface area contributed by atoms with Crippen molar-refractivity contribution in [2.45, 2.75) is 82.5 Å². The highest BCUT2D eigenvalue weighted by molar-refractivity contribution is 5.96. The molecule has 0 spiro atoms. The van der Waals surface area contributed by atoms with Crippen molar-refractivity contribution in [3.05, 3.63) is 45.7 Å². The first-order chi connectivity index (χ1) is 20.5. The van der Waals surface area contributed by atoms with Gasteiger partial charge in [0.1, 0.15) is 35.6 Å². The number of aromatic nitrogens is 3. The SMILES string of the molecule is C=c1cccc(CC)/c1=C(/C)c1nc2c3c(nc(OCC45CCCN4CCC5)nc3c1F)N1C[C@@H]3CC[C@@H](N3)[C@H]1CO2. The van der Waals surface area contributed by atoms with Gasteiger partial charge in [-0.2, -0.15) is 9.97 Å². The summed E-state index contributed by atoms with van der Waals surface area (Å²) in [5, 5.41) is 6.07. The largest absolute Gasteiger partial charge is 0.475 e. The van der Waals surface area contributed by atoms with E-state index in [0.29, 0.717) is 42.4 Å². The minimum absolute atomic E-state index is 0.0398. The number of halogens is 1. The predicted octanol–water partition coefficient (Wildman–Crippen LogP) is 3.06. The highest BCUT2D eigenvalue weighted by Crippen LogP contribution is 2.43. The molecule has 5 aliphatic heterocycles. The average Bonchev–Trinajstić information content (AvgIpc) is 3.67. The summed E-state index contributed by atoms with van der Waals surface area (Å²) < 4.78 is 29.7. The van der Waals surface area contributed by atoms with E-state index in [4.69, 9.17) is 24.4 Å². The Morgan fingerprint density at radius 1 is 1.19 bits per heavy atom. The molecule has 5 aliphatic rings. The molecule has 0 radical (unpaired) electrons. The molecule has 4 saturated heterocycles. The zero-order chi connectivity index (χ0) is 28.6. The normalized spacial score (nSPS) is 26.5. The third kappa shape index (κ3) is 3.96. The fraction of sp³-hybridized carbons (Fsp3) is 0.545. The molecule has 0 unspecified atom stereocenters. The molecule has 1 aromatic carbocycles. The molecule has 4 fully saturated rings. The topological polar surface area (TPSA) is 75.6 Å². The Balaban J connectivity index is 1.31. The number of hydrogen-bond acceptors (Lipinski definition) is 8. The molecule has 2 bridgehead atoms. The van der Waals surface area contributed by atoms with Crippen molar-refractivity contribution in [2.24, 2.45) is 0 Å². The number of nitrogens with zero attached hydrogens (tertiary/aromatic N) is 5. The summed E-state index contributed by atoms with van der Waals surface area (Å²) in [5.41, 5.74) is 2.34. The summed E-state index contributed by atoms with van der Waals surface area (Å²) in [4.78, 5) is 19.5. The van der Waals surface area contributed by atoms with Crippen LogP contribution in [0.3, 0.4) is 0 Å². The number of hydrogen-bond donors (Lipinski definition) is 1. The van der Waals surface area contributed by atoms with Crippen molar-refractivity contribution in [3.63, 3.8) is 0 Å². The summed E-state index contributed by atoms with van der Waals surface area (Å²) in [6.07, 6.45) is 7.62. The lowest BCUT2D eigenvalue weighted by Gasteiger charge is -2.40. The molecule has 8 rings (SSSR count). The third-order valence-corrected chi connectivity index (χ3v) is 10.6. The van der Waals surface area contributed by atoms with Crippen LogP contribution >= 0.6 is 0 Å². The van der Waals surface area contributed by atoms with Gasteiger partial charge in [0.25, 0.3) is 0 Å². The molecule has 42 heavy (non-hydrogen) atoms. The highest BCUT2D eigenvalue weighted by Gasteiger charge is 2.46. The van der Waals surface area contributed by atoms with Gasteiger partial charge in [0, 0.05) is 18.6 Å². The van der Waals surface area contributed by atoms with Crippen LogP contribution in [0, 0.1) is 5.82 Å². The van der Waals surface area contributed by atoms with Crippen LogP contribution in [-0.2, 0) is 6.42 Å². The van der Waals surface area contributed by atoms with Crippen LogP contribution in [0.4, 0.5) is 10.2 Å². The van der Waals surface area contributed by atoms with Crippen LogP contribution in [0.1, 0.15) is 63.6 Å². The molecular weight excluding hydrogens is 531 g/mol. The lowest BCUT2D eigenvalue weighted by molar-refractivity contribution is 0.108. The monoisotopic (exact) mass is 570 g/mol. The van der Waals surface area contributed by atoms with E-state index in [0.717, 1.165) is 73.3 Å². The van der Waals surface area contributed by atoms with Crippen LogP contribution in [-0.4, -0.2) is 76.4 Å². The number of anilines is 1. The van der Waals surface area contributed by atoms with E-state index in [2.05, 4.69) is 34.7 Å². The number of ether oxygens (including phenoxy) is 2. The van der Waals surface area contributed by atoms with Crippen molar-refractivity contribution in [3.8, 4) is 11.9 Å². The number of piperazine rings is 1. The maximum absolute atomic E-state index is 16.8. The van der Waals surface area contributed by atoms with Gasteiger partial charge in [0.2, 0.25) is 5.88 Å². The van der Waals surface area contributed by atoms with E-state index in [1.54, 1.807) is 0 Å². The van der Waals surface area contributed by atoms with Gasteiger partial charge in [-0.3, -0.25) is 4.90 Å². The summed E-state index contributed by atoms with van der Waals surface area (Å²) >= 11 is 0. The van der Waals surface area contributed by atoms with Crippen LogP contribution in [0.5, 0.6) is 11.9 Å². The molecule has 2 aromatic heterocycles. The van der Waals surface area contributed by atoms with E-state index in [-0.39, 0.29) is 28.8 Å². The zero-order valence-corrected chi connectivity index (χ0v) is 24.6. The van der Waals surface area contributed by atoms with Gasteiger partial charge in [-0.25, -0.2) is 9.37 Å². The van der Waals surface area contributed by atoms with E-state index in [1.165, 1.54) is 12.8 Å². The van der Waals surface area contributed by atoms with Crippen LogP contribution < -0.4 is 30.1 Å². The smallest absolute Gasteiger partial charge is 0.319 e. The average molecular weight is 571 g/mol. The second kappa shape index (κ2) is 9.88. The highest BCUT2D eigenvalue weighted by atomic mass is 19.1. The quantitative estimate of drug-likeness (QED) is 0.502. The molecule has 0 amide bonds. The maximum atomic E-state index is 16.8. The van der Waals surface area contributed by atoms with Gasteiger partial charge in [-0.05, 0) is 86.5 Å². The number of fused-ring (bicyclic) bond motifs is 6. The molecule has 3 aromatic rings. The fourth-order valence-electron chi connectivity index (χ4n) is 8.44. The number of pyridine rings is 1. The molecule has 3 atom stereocenters.